The zero-order chi connectivity index (χ0) is 10.8. The van der Waals surface area contributed by atoms with Crippen molar-refractivity contribution in [1.29, 1.82) is 0 Å². The van der Waals surface area contributed by atoms with E-state index in [9.17, 15) is 4.39 Å². The van der Waals surface area contributed by atoms with Gasteiger partial charge in [-0.1, -0.05) is 11.6 Å². The summed E-state index contributed by atoms with van der Waals surface area (Å²) in [6.07, 6.45) is 4.54. The van der Waals surface area contributed by atoms with Crippen LogP contribution in [-0.4, -0.2) is 6.10 Å². The van der Waals surface area contributed by atoms with Gasteiger partial charge in [-0.05, 0) is 31.7 Å². The Bertz CT molecular complexity index is 364. The molecule has 0 aliphatic heterocycles. The topological polar surface area (TPSA) is 35.2 Å². The predicted octanol–water partition coefficient (Wildman–Crippen LogP) is 3.38. The second kappa shape index (κ2) is 4.27. The molecule has 0 atom stereocenters. The number of halogens is 2. The highest BCUT2D eigenvalue weighted by Gasteiger charge is 2.18. The highest BCUT2D eigenvalue weighted by atomic mass is 35.5. The summed E-state index contributed by atoms with van der Waals surface area (Å²) in [6, 6.07) is 2.65. The second-order valence-corrected chi connectivity index (χ2v) is 4.24. The third-order valence-corrected chi connectivity index (χ3v) is 2.94. The lowest BCUT2D eigenvalue weighted by Gasteiger charge is -2.15. The van der Waals surface area contributed by atoms with Crippen LogP contribution in [0.15, 0.2) is 12.1 Å². The van der Waals surface area contributed by atoms with Crippen LogP contribution in [0.5, 0.6) is 5.75 Å². The van der Waals surface area contributed by atoms with Crippen molar-refractivity contribution in [1.82, 2.24) is 0 Å². The van der Waals surface area contributed by atoms with Gasteiger partial charge in [0.2, 0.25) is 0 Å². The van der Waals surface area contributed by atoms with Crippen molar-refractivity contribution >= 4 is 17.3 Å². The largest absolute Gasteiger partial charge is 0.488 e. The highest BCUT2D eigenvalue weighted by Crippen LogP contribution is 2.31. The summed E-state index contributed by atoms with van der Waals surface area (Å²) in [5.74, 6) is -0.0809. The molecule has 1 saturated carbocycles. The fourth-order valence-corrected chi connectivity index (χ4v) is 2.00. The molecule has 2 nitrogen and oxygen atoms in total. The number of anilines is 1. The van der Waals surface area contributed by atoms with Crippen molar-refractivity contribution in [2.45, 2.75) is 31.8 Å². The summed E-state index contributed by atoms with van der Waals surface area (Å²) in [5, 5.41) is 0.0336. The number of ether oxygens (including phenoxy) is 1. The fraction of sp³-hybridized carbons (Fsp3) is 0.455. The Kier molecular flexibility index (Phi) is 3.00. The summed E-state index contributed by atoms with van der Waals surface area (Å²) in [4.78, 5) is 0. The van der Waals surface area contributed by atoms with E-state index in [2.05, 4.69) is 0 Å². The summed E-state index contributed by atoms with van der Waals surface area (Å²) < 4.78 is 18.8. The van der Waals surface area contributed by atoms with Gasteiger partial charge in [0.15, 0.2) is 0 Å². The number of hydrogen-bond acceptors (Lipinski definition) is 2. The van der Waals surface area contributed by atoms with E-state index in [1.807, 2.05) is 0 Å². The highest BCUT2D eigenvalue weighted by molar-refractivity contribution is 6.31. The van der Waals surface area contributed by atoms with Crippen LogP contribution in [0.3, 0.4) is 0 Å². The Morgan fingerprint density at radius 2 is 2.00 bits per heavy atom. The van der Waals surface area contributed by atoms with E-state index in [1.165, 1.54) is 25.0 Å². The number of benzene rings is 1. The first kappa shape index (κ1) is 10.6. The van der Waals surface area contributed by atoms with Crippen molar-refractivity contribution in [3.8, 4) is 5.75 Å². The second-order valence-electron chi connectivity index (χ2n) is 3.83. The molecule has 1 fully saturated rings. The van der Waals surface area contributed by atoms with Crippen molar-refractivity contribution in [2.75, 3.05) is 5.73 Å². The summed E-state index contributed by atoms with van der Waals surface area (Å²) in [7, 11) is 0. The number of rotatable bonds is 2. The van der Waals surface area contributed by atoms with Crippen LogP contribution >= 0.6 is 11.6 Å². The van der Waals surface area contributed by atoms with Gasteiger partial charge < -0.3 is 10.5 Å². The van der Waals surface area contributed by atoms with Crippen molar-refractivity contribution in [2.24, 2.45) is 0 Å². The van der Waals surface area contributed by atoms with Gasteiger partial charge in [0.25, 0.3) is 0 Å². The van der Waals surface area contributed by atoms with E-state index >= 15 is 0 Å². The van der Waals surface area contributed by atoms with Gasteiger partial charge >= 0.3 is 0 Å². The van der Waals surface area contributed by atoms with Gasteiger partial charge in [0, 0.05) is 6.07 Å². The van der Waals surface area contributed by atoms with Gasteiger partial charge in [-0.25, -0.2) is 4.39 Å². The quantitative estimate of drug-likeness (QED) is 0.789. The monoisotopic (exact) mass is 229 g/mol. The minimum atomic E-state index is -0.487. The average molecular weight is 230 g/mol. The first-order valence-electron chi connectivity index (χ1n) is 5.08. The summed E-state index contributed by atoms with van der Waals surface area (Å²) in [6.45, 7) is 0. The third-order valence-electron chi connectivity index (χ3n) is 2.65. The number of hydrogen-bond donors (Lipinski definition) is 1. The molecule has 2 rings (SSSR count). The molecule has 0 aromatic heterocycles. The lowest BCUT2D eigenvalue weighted by molar-refractivity contribution is 0.210. The molecule has 0 unspecified atom stereocenters. The average Bonchev–Trinajstić information content (AvgIpc) is 2.67. The number of nitrogen functional groups attached to an aromatic ring is 1. The molecule has 0 saturated heterocycles. The molecule has 1 aliphatic rings. The van der Waals surface area contributed by atoms with Gasteiger partial charge in [0.1, 0.15) is 11.6 Å². The molecule has 1 aromatic carbocycles. The maximum Gasteiger partial charge on any atom is 0.145 e. The predicted molar refractivity (Wildman–Crippen MR) is 58.7 cm³/mol. The van der Waals surface area contributed by atoms with Crippen LogP contribution < -0.4 is 10.5 Å². The molecule has 1 aromatic rings. The Balaban J connectivity index is 2.16. The van der Waals surface area contributed by atoms with E-state index < -0.39 is 5.82 Å². The molecule has 4 heteroatoms. The fourth-order valence-electron chi connectivity index (χ4n) is 1.83. The summed E-state index contributed by atoms with van der Waals surface area (Å²) >= 11 is 5.59. The first-order chi connectivity index (χ1) is 7.16. The minimum Gasteiger partial charge on any atom is -0.488 e. The van der Waals surface area contributed by atoms with Gasteiger partial charge in [-0.2, -0.15) is 0 Å². The summed E-state index contributed by atoms with van der Waals surface area (Å²) in [5.41, 5.74) is 6.09. The molecular formula is C11H13ClFNO. The number of nitrogens with two attached hydrogens (primary N) is 1. The Hall–Kier alpha value is -0.960. The molecule has 1 aliphatic carbocycles. The molecular weight excluding hydrogens is 217 g/mol. The van der Waals surface area contributed by atoms with E-state index in [-0.39, 0.29) is 11.1 Å². The van der Waals surface area contributed by atoms with Crippen LogP contribution in [-0.2, 0) is 0 Å². The Morgan fingerprint density at radius 1 is 1.33 bits per heavy atom. The maximum atomic E-state index is 13.2. The molecule has 2 N–H and O–H groups in total. The third kappa shape index (κ3) is 2.34. The lowest BCUT2D eigenvalue weighted by Crippen LogP contribution is -2.12. The van der Waals surface area contributed by atoms with Crippen LogP contribution in [0, 0.1) is 5.82 Å². The van der Waals surface area contributed by atoms with Crippen molar-refractivity contribution < 1.29 is 9.13 Å². The van der Waals surface area contributed by atoms with Crippen molar-refractivity contribution in [3.63, 3.8) is 0 Å². The zero-order valence-electron chi connectivity index (χ0n) is 8.30. The van der Waals surface area contributed by atoms with Crippen LogP contribution in [0.25, 0.3) is 0 Å². The van der Waals surface area contributed by atoms with Gasteiger partial charge in [-0.3, -0.25) is 0 Å². The van der Waals surface area contributed by atoms with Gasteiger partial charge in [0.05, 0.1) is 16.8 Å². The van der Waals surface area contributed by atoms with E-state index in [4.69, 9.17) is 22.1 Å². The van der Waals surface area contributed by atoms with E-state index in [0.29, 0.717) is 11.4 Å². The normalized spacial score (nSPS) is 16.9. The molecule has 15 heavy (non-hydrogen) atoms. The zero-order valence-corrected chi connectivity index (χ0v) is 9.06. The molecule has 0 heterocycles. The maximum absolute atomic E-state index is 13.2. The molecule has 0 amide bonds. The first-order valence-corrected chi connectivity index (χ1v) is 5.46. The van der Waals surface area contributed by atoms with E-state index in [0.717, 1.165) is 12.8 Å². The lowest BCUT2D eigenvalue weighted by atomic mass is 10.2. The molecule has 0 radical (unpaired) electrons. The van der Waals surface area contributed by atoms with Crippen LogP contribution in [0.4, 0.5) is 10.1 Å². The van der Waals surface area contributed by atoms with Gasteiger partial charge in [-0.15, -0.1) is 0 Å². The Labute approximate surface area is 93.2 Å². The SMILES string of the molecule is Nc1cc(Cl)c(F)cc1OC1CCCC1. The van der Waals surface area contributed by atoms with Crippen molar-refractivity contribution in [3.05, 3.63) is 23.0 Å². The molecule has 0 bridgehead atoms. The van der Waals surface area contributed by atoms with Crippen LogP contribution in [0.2, 0.25) is 5.02 Å². The Morgan fingerprint density at radius 3 is 2.67 bits per heavy atom. The minimum absolute atomic E-state index is 0.0336. The standard InChI is InChI=1S/C11H13ClFNO/c12-8-5-10(14)11(6-9(8)13)15-7-3-1-2-4-7/h5-7H,1-4,14H2. The van der Waals surface area contributed by atoms with E-state index in [1.54, 1.807) is 0 Å². The van der Waals surface area contributed by atoms with Crippen LogP contribution in [0.1, 0.15) is 25.7 Å². The smallest absolute Gasteiger partial charge is 0.145 e. The molecule has 82 valence electrons. The molecule has 0 spiro atoms.